The lowest BCUT2D eigenvalue weighted by Crippen LogP contribution is -2.21. The van der Waals surface area contributed by atoms with Gasteiger partial charge in [-0.1, -0.05) is 6.07 Å². The van der Waals surface area contributed by atoms with Crippen LogP contribution in [-0.2, 0) is 11.3 Å². The normalized spacial score (nSPS) is 10.5. The molecule has 27 heavy (non-hydrogen) atoms. The Morgan fingerprint density at radius 2 is 1.81 bits per heavy atom. The zero-order chi connectivity index (χ0) is 19.4. The molecule has 1 heterocycles. The molecule has 2 aromatic carbocycles. The monoisotopic (exact) mass is 375 g/mol. The molecule has 1 amide bonds. The third kappa shape index (κ3) is 4.00. The van der Waals surface area contributed by atoms with Crippen LogP contribution in [-0.4, -0.2) is 40.3 Å². The molecule has 3 aromatic rings. The van der Waals surface area contributed by atoms with Gasteiger partial charge in [0.05, 0.1) is 14.2 Å². The zero-order valence-electron chi connectivity index (χ0n) is 14.4. The SMILES string of the molecule is COc1ccc(-c2nnn(CC(=O)Nc3c(F)cccc3F)n2)cc1OC. The van der Waals surface area contributed by atoms with Gasteiger partial charge in [0.1, 0.15) is 23.9 Å². The predicted molar refractivity (Wildman–Crippen MR) is 91.3 cm³/mol. The van der Waals surface area contributed by atoms with Crippen LogP contribution in [0.15, 0.2) is 36.4 Å². The zero-order valence-corrected chi connectivity index (χ0v) is 14.4. The number of hydrogen-bond acceptors (Lipinski definition) is 6. The van der Waals surface area contributed by atoms with E-state index >= 15 is 0 Å². The summed E-state index contributed by atoms with van der Waals surface area (Å²) in [5.74, 6) is -1.17. The Kier molecular flexibility index (Phi) is 5.25. The highest BCUT2D eigenvalue weighted by atomic mass is 19.1. The number of methoxy groups -OCH3 is 2. The molecule has 1 aromatic heterocycles. The Balaban J connectivity index is 1.73. The number of para-hydroxylation sites is 1. The summed E-state index contributed by atoms with van der Waals surface area (Å²) >= 11 is 0. The maximum atomic E-state index is 13.6. The molecule has 0 radical (unpaired) electrons. The Hall–Kier alpha value is -3.56. The van der Waals surface area contributed by atoms with Crippen LogP contribution in [0.25, 0.3) is 11.4 Å². The number of anilines is 1. The number of aromatic nitrogens is 4. The van der Waals surface area contributed by atoms with E-state index in [-0.39, 0.29) is 12.4 Å². The highest BCUT2D eigenvalue weighted by Crippen LogP contribution is 2.30. The number of benzene rings is 2. The summed E-state index contributed by atoms with van der Waals surface area (Å²) in [5.41, 5.74) is 0.0715. The standard InChI is InChI=1S/C17H15F2N5O3/c1-26-13-7-6-10(8-14(13)27-2)17-21-23-24(22-17)9-15(25)20-16-11(18)4-3-5-12(16)19/h3-8H,9H2,1-2H3,(H,20,25). The fourth-order valence-corrected chi connectivity index (χ4v) is 2.33. The molecule has 140 valence electrons. The lowest BCUT2D eigenvalue weighted by molar-refractivity contribution is -0.117. The third-order valence-corrected chi connectivity index (χ3v) is 3.61. The molecular formula is C17H15F2N5O3. The number of ether oxygens (including phenoxy) is 2. The van der Waals surface area contributed by atoms with Crippen molar-refractivity contribution < 1.29 is 23.0 Å². The summed E-state index contributed by atoms with van der Waals surface area (Å²) in [4.78, 5) is 13.0. The van der Waals surface area contributed by atoms with Gasteiger partial charge in [-0.2, -0.15) is 4.80 Å². The van der Waals surface area contributed by atoms with Crippen molar-refractivity contribution in [1.82, 2.24) is 20.2 Å². The number of hydrogen-bond donors (Lipinski definition) is 1. The van der Waals surface area contributed by atoms with E-state index in [0.717, 1.165) is 16.9 Å². The summed E-state index contributed by atoms with van der Waals surface area (Å²) in [6.07, 6.45) is 0. The van der Waals surface area contributed by atoms with E-state index in [1.165, 1.54) is 20.3 Å². The van der Waals surface area contributed by atoms with Crippen molar-refractivity contribution in [2.24, 2.45) is 0 Å². The van der Waals surface area contributed by atoms with Crippen LogP contribution in [0, 0.1) is 11.6 Å². The fraction of sp³-hybridized carbons (Fsp3) is 0.176. The number of halogens is 2. The molecule has 8 nitrogen and oxygen atoms in total. The minimum atomic E-state index is -0.874. The number of tetrazole rings is 1. The Labute approximate surface area is 152 Å². The van der Waals surface area contributed by atoms with Gasteiger partial charge < -0.3 is 14.8 Å². The van der Waals surface area contributed by atoms with E-state index in [9.17, 15) is 13.6 Å². The van der Waals surface area contributed by atoms with Gasteiger partial charge in [-0.25, -0.2) is 8.78 Å². The molecule has 0 aliphatic carbocycles. The average molecular weight is 375 g/mol. The molecule has 0 fully saturated rings. The van der Waals surface area contributed by atoms with E-state index in [4.69, 9.17) is 9.47 Å². The largest absolute Gasteiger partial charge is 0.493 e. The highest BCUT2D eigenvalue weighted by molar-refractivity contribution is 5.90. The van der Waals surface area contributed by atoms with Crippen LogP contribution in [0.5, 0.6) is 11.5 Å². The average Bonchev–Trinajstić information content (AvgIpc) is 3.12. The molecule has 0 aliphatic heterocycles. The van der Waals surface area contributed by atoms with Gasteiger partial charge in [0.2, 0.25) is 11.7 Å². The topological polar surface area (TPSA) is 91.2 Å². The van der Waals surface area contributed by atoms with Crippen LogP contribution in [0.4, 0.5) is 14.5 Å². The van der Waals surface area contributed by atoms with Crippen molar-refractivity contribution in [3.05, 3.63) is 48.0 Å². The molecular weight excluding hydrogens is 360 g/mol. The van der Waals surface area contributed by atoms with E-state index in [0.29, 0.717) is 17.1 Å². The number of carbonyl (C=O) groups excluding carboxylic acids is 1. The molecule has 10 heteroatoms. The van der Waals surface area contributed by atoms with Crippen molar-refractivity contribution in [2.75, 3.05) is 19.5 Å². The van der Waals surface area contributed by atoms with Crippen LogP contribution in [0.2, 0.25) is 0 Å². The van der Waals surface area contributed by atoms with Gasteiger partial charge in [0.25, 0.3) is 0 Å². The highest BCUT2D eigenvalue weighted by Gasteiger charge is 2.15. The van der Waals surface area contributed by atoms with Crippen LogP contribution >= 0.6 is 0 Å². The van der Waals surface area contributed by atoms with Crippen molar-refractivity contribution in [3.63, 3.8) is 0 Å². The lowest BCUT2D eigenvalue weighted by Gasteiger charge is -2.07. The van der Waals surface area contributed by atoms with Gasteiger partial charge >= 0.3 is 0 Å². The summed E-state index contributed by atoms with van der Waals surface area (Å²) in [5, 5.41) is 13.9. The number of carbonyl (C=O) groups is 1. The molecule has 0 bridgehead atoms. The Morgan fingerprint density at radius 3 is 2.48 bits per heavy atom. The molecule has 0 spiro atoms. The number of rotatable bonds is 6. The van der Waals surface area contributed by atoms with E-state index < -0.39 is 23.2 Å². The first kappa shape index (κ1) is 18.2. The van der Waals surface area contributed by atoms with Gasteiger partial charge in [-0.3, -0.25) is 4.79 Å². The summed E-state index contributed by atoms with van der Waals surface area (Å²) in [6.45, 7) is -0.367. The maximum absolute atomic E-state index is 13.6. The second-order valence-corrected chi connectivity index (χ2v) is 5.36. The van der Waals surface area contributed by atoms with Gasteiger partial charge in [0, 0.05) is 5.56 Å². The lowest BCUT2D eigenvalue weighted by atomic mass is 10.2. The fourth-order valence-electron chi connectivity index (χ4n) is 2.33. The van der Waals surface area contributed by atoms with Gasteiger partial charge in [-0.05, 0) is 35.5 Å². The molecule has 0 saturated carbocycles. The first-order valence-corrected chi connectivity index (χ1v) is 7.76. The van der Waals surface area contributed by atoms with Crippen LogP contribution in [0.3, 0.4) is 0 Å². The minimum Gasteiger partial charge on any atom is -0.493 e. The van der Waals surface area contributed by atoms with Crippen molar-refractivity contribution in [2.45, 2.75) is 6.54 Å². The summed E-state index contributed by atoms with van der Waals surface area (Å²) < 4.78 is 37.5. The molecule has 0 aliphatic rings. The third-order valence-electron chi connectivity index (χ3n) is 3.61. The molecule has 0 unspecified atom stereocenters. The second-order valence-electron chi connectivity index (χ2n) is 5.36. The summed E-state index contributed by atoms with van der Waals surface area (Å²) in [6, 6.07) is 8.34. The number of nitrogens with zero attached hydrogens (tertiary/aromatic N) is 4. The number of amides is 1. The quantitative estimate of drug-likeness (QED) is 0.711. The molecule has 1 N–H and O–H groups in total. The van der Waals surface area contributed by atoms with E-state index in [1.54, 1.807) is 18.2 Å². The van der Waals surface area contributed by atoms with Crippen molar-refractivity contribution >= 4 is 11.6 Å². The first-order chi connectivity index (χ1) is 13.0. The maximum Gasteiger partial charge on any atom is 0.248 e. The Bertz CT molecular complexity index is 957. The molecule has 3 rings (SSSR count). The second kappa shape index (κ2) is 7.77. The van der Waals surface area contributed by atoms with E-state index in [2.05, 4.69) is 20.7 Å². The Morgan fingerprint density at radius 1 is 1.11 bits per heavy atom. The van der Waals surface area contributed by atoms with Crippen molar-refractivity contribution in [3.8, 4) is 22.9 Å². The van der Waals surface area contributed by atoms with E-state index in [1.807, 2.05) is 0 Å². The summed E-state index contributed by atoms with van der Waals surface area (Å²) in [7, 11) is 3.02. The van der Waals surface area contributed by atoms with Gasteiger partial charge in [0.15, 0.2) is 11.5 Å². The minimum absolute atomic E-state index is 0.251. The van der Waals surface area contributed by atoms with Gasteiger partial charge in [-0.15, -0.1) is 10.2 Å². The van der Waals surface area contributed by atoms with Crippen LogP contribution in [0.1, 0.15) is 0 Å². The smallest absolute Gasteiger partial charge is 0.248 e. The first-order valence-electron chi connectivity index (χ1n) is 7.76. The molecule has 0 atom stereocenters. The van der Waals surface area contributed by atoms with Crippen LogP contribution < -0.4 is 14.8 Å². The predicted octanol–water partition coefficient (Wildman–Crippen LogP) is 2.27. The van der Waals surface area contributed by atoms with Crippen molar-refractivity contribution in [1.29, 1.82) is 0 Å². The number of nitrogens with one attached hydrogen (secondary N) is 1. The molecule has 0 saturated heterocycles.